The number of hydrogen-bond donors (Lipinski definition) is 1. The van der Waals surface area contributed by atoms with E-state index in [0.29, 0.717) is 0 Å². The van der Waals surface area contributed by atoms with Gasteiger partial charge >= 0.3 is 0 Å². The Morgan fingerprint density at radius 2 is 1.90 bits per heavy atom. The molecule has 1 aromatic rings. The molecule has 0 bridgehead atoms. The molecule has 0 radical (unpaired) electrons. The van der Waals surface area contributed by atoms with Crippen LogP contribution in [0, 0.1) is 0 Å². The first-order valence-electron chi connectivity index (χ1n) is 3.15. The van der Waals surface area contributed by atoms with Gasteiger partial charge in [-0.15, -0.1) is 0 Å². The lowest BCUT2D eigenvalue weighted by Crippen LogP contribution is -2.01. The molecule has 0 spiro atoms. The van der Waals surface area contributed by atoms with E-state index in [1.54, 1.807) is 12.1 Å². The fraction of sp³-hybridized carbons (Fsp3) is 0.250. The van der Waals surface area contributed by atoms with Gasteiger partial charge in [-0.05, 0) is 5.56 Å². The van der Waals surface area contributed by atoms with Gasteiger partial charge in [-0.2, -0.15) is 0 Å². The molecular weight excluding hydrogens is 131 g/mol. The Hall–Kier alpha value is -0.890. The summed E-state index contributed by atoms with van der Waals surface area (Å²) in [6, 6.07) is 9.05. The number of alkyl halides is 1. The summed E-state index contributed by atoms with van der Waals surface area (Å²) in [5.41, 5.74) is 0.817. The maximum absolute atomic E-state index is 11.9. The summed E-state index contributed by atoms with van der Waals surface area (Å²) in [6.07, 6.45) is -1.65. The molecule has 0 aliphatic carbocycles. The third-order valence-corrected chi connectivity index (χ3v) is 1.25. The molecule has 0 heterocycles. The van der Waals surface area contributed by atoms with Gasteiger partial charge in [-0.3, -0.25) is 0 Å². The second-order valence-electron chi connectivity index (χ2n) is 2.12. The third-order valence-electron chi connectivity index (χ3n) is 1.25. The zero-order valence-electron chi connectivity index (χ0n) is 5.50. The van der Waals surface area contributed by atoms with Gasteiger partial charge in [0, 0.05) is 6.42 Å². The van der Waals surface area contributed by atoms with Gasteiger partial charge < -0.3 is 5.11 Å². The van der Waals surface area contributed by atoms with Crippen molar-refractivity contribution in [3.63, 3.8) is 0 Å². The van der Waals surface area contributed by atoms with Crippen molar-refractivity contribution in [3.05, 3.63) is 35.9 Å². The Balaban J connectivity index is 2.59. The van der Waals surface area contributed by atoms with Crippen molar-refractivity contribution < 1.29 is 9.50 Å². The standard InChI is InChI=1S/C8H9FO/c9-8(10)6-7-4-2-1-3-5-7/h1-5,8,10H,6H2/t8-/m0/s1. The summed E-state index contributed by atoms with van der Waals surface area (Å²) in [6.45, 7) is 0. The molecule has 1 nitrogen and oxygen atoms in total. The maximum Gasteiger partial charge on any atom is 0.200 e. The van der Waals surface area contributed by atoms with Crippen molar-refractivity contribution in [1.82, 2.24) is 0 Å². The molecule has 0 unspecified atom stereocenters. The monoisotopic (exact) mass is 140 g/mol. The number of hydrogen-bond acceptors (Lipinski definition) is 1. The average molecular weight is 140 g/mol. The Labute approximate surface area is 59.1 Å². The lowest BCUT2D eigenvalue weighted by molar-refractivity contribution is 0.0430. The highest BCUT2D eigenvalue weighted by Crippen LogP contribution is 2.02. The van der Waals surface area contributed by atoms with Crippen molar-refractivity contribution in [1.29, 1.82) is 0 Å². The van der Waals surface area contributed by atoms with E-state index in [2.05, 4.69) is 0 Å². The number of halogens is 1. The van der Waals surface area contributed by atoms with Crippen LogP contribution in [-0.2, 0) is 6.42 Å². The molecule has 2 heteroatoms. The Kier molecular flexibility index (Phi) is 2.40. The van der Waals surface area contributed by atoms with Crippen LogP contribution in [0.3, 0.4) is 0 Å². The van der Waals surface area contributed by atoms with Crippen molar-refractivity contribution in [2.24, 2.45) is 0 Å². The molecular formula is C8H9FO. The Morgan fingerprint density at radius 3 is 2.40 bits per heavy atom. The van der Waals surface area contributed by atoms with E-state index in [-0.39, 0.29) is 6.42 Å². The molecule has 0 fully saturated rings. The van der Waals surface area contributed by atoms with Gasteiger partial charge in [0.1, 0.15) is 0 Å². The quantitative estimate of drug-likeness (QED) is 0.660. The molecule has 1 aromatic carbocycles. The summed E-state index contributed by atoms with van der Waals surface area (Å²) in [5, 5.41) is 8.34. The van der Waals surface area contributed by atoms with E-state index in [9.17, 15) is 4.39 Å². The van der Waals surface area contributed by atoms with Gasteiger partial charge in [-0.1, -0.05) is 30.3 Å². The van der Waals surface area contributed by atoms with Crippen LogP contribution in [0.4, 0.5) is 4.39 Å². The van der Waals surface area contributed by atoms with E-state index in [4.69, 9.17) is 5.11 Å². The van der Waals surface area contributed by atoms with Gasteiger partial charge in [0.2, 0.25) is 0 Å². The molecule has 0 amide bonds. The molecule has 1 rings (SSSR count). The number of aliphatic hydroxyl groups excluding tert-OH is 1. The fourth-order valence-corrected chi connectivity index (χ4v) is 0.809. The van der Waals surface area contributed by atoms with Crippen LogP contribution in [0.15, 0.2) is 30.3 Å². The first-order valence-corrected chi connectivity index (χ1v) is 3.15. The van der Waals surface area contributed by atoms with E-state index in [0.717, 1.165) is 5.56 Å². The molecule has 0 aromatic heterocycles. The second-order valence-corrected chi connectivity index (χ2v) is 2.12. The topological polar surface area (TPSA) is 20.2 Å². The highest BCUT2D eigenvalue weighted by molar-refractivity contribution is 5.14. The van der Waals surface area contributed by atoms with Crippen molar-refractivity contribution in [3.8, 4) is 0 Å². The SMILES string of the molecule is O[C@H](F)Cc1ccccc1. The van der Waals surface area contributed by atoms with Gasteiger partial charge in [0.15, 0.2) is 6.36 Å². The van der Waals surface area contributed by atoms with Gasteiger partial charge in [0.25, 0.3) is 0 Å². The lowest BCUT2D eigenvalue weighted by atomic mass is 10.2. The summed E-state index contributed by atoms with van der Waals surface area (Å²) in [7, 11) is 0. The maximum atomic E-state index is 11.9. The lowest BCUT2D eigenvalue weighted by Gasteiger charge is -1.98. The first kappa shape index (κ1) is 7.22. The van der Waals surface area contributed by atoms with Gasteiger partial charge in [-0.25, -0.2) is 4.39 Å². The van der Waals surface area contributed by atoms with Crippen LogP contribution in [0.2, 0.25) is 0 Å². The van der Waals surface area contributed by atoms with Crippen LogP contribution in [0.1, 0.15) is 5.56 Å². The molecule has 0 saturated carbocycles. The third kappa shape index (κ3) is 2.15. The summed E-state index contributed by atoms with van der Waals surface area (Å²) in [4.78, 5) is 0. The molecule has 54 valence electrons. The Morgan fingerprint density at radius 1 is 1.30 bits per heavy atom. The molecule has 1 atom stereocenters. The summed E-state index contributed by atoms with van der Waals surface area (Å²) >= 11 is 0. The number of rotatable bonds is 2. The zero-order chi connectivity index (χ0) is 7.40. The van der Waals surface area contributed by atoms with E-state index < -0.39 is 6.36 Å². The fourth-order valence-electron chi connectivity index (χ4n) is 0.809. The normalized spacial score (nSPS) is 13.0. The van der Waals surface area contributed by atoms with Crippen LogP contribution in [0.5, 0.6) is 0 Å². The molecule has 0 aliphatic rings. The van der Waals surface area contributed by atoms with Gasteiger partial charge in [0.05, 0.1) is 0 Å². The zero-order valence-corrected chi connectivity index (χ0v) is 5.50. The highest BCUT2D eigenvalue weighted by Gasteiger charge is 1.99. The average Bonchev–Trinajstić information content (AvgIpc) is 1.88. The molecule has 0 aliphatic heterocycles. The van der Waals surface area contributed by atoms with E-state index in [1.807, 2.05) is 18.2 Å². The minimum atomic E-state index is -1.73. The van der Waals surface area contributed by atoms with Crippen LogP contribution in [-0.4, -0.2) is 11.5 Å². The van der Waals surface area contributed by atoms with Crippen LogP contribution in [0.25, 0.3) is 0 Å². The van der Waals surface area contributed by atoms with Crippen molar-refractivity contribution >= 4 is 0 Å². The smallest absolute Gasteiger partial charge is 0.200 e. The minimum Gasteiger partial charge on any atom is -0.364 e. The Bertz CT molecular complexity index is 184. The van der Waals surface area contributed by atoms with Crippen LogP contribution >= 0.6 is 0 Å². The predicted molar refractivity (Wildman–Crippen MR) is 37.3 cm³/mol. The number of aliphatic hydroxyl groups is 1. The largest absolute Gasteiger partial charge is 0.364 e. The molecule has 10 heavy (non-hydrogen) atoms. The molecule has 1 N–H and O–H groups in total. The summed E-state index contributed by atoms with van der Waals surface area (Å²) < 4.78 is 11.9. The number of benzene rings is 1. The minimum absolute atomic E-state index is 0.0842. The van der Waals surface area contributed by atoms with E-state index >= 15 is 0 Å². The summed E-state index contributed by atoms with van der Waals surface area (Å²) in [5.74, 6) is 0. The van der Waals surface area contributed by atoms with Crippen LogP contribution < -0.4 is 0 Å². The highest BCUT2D eigenvalue weighted by atomic mass is 19.1. The second kappa shape index (κ2) is 3.32. The van der Waals surface area contributed by atoms with E-state index in [1.165, 1.54) is 0 Å². The first-order chi connectivity index (χ1) is 4.79. The molecule has 0 saturated heterocycles. The van der Waals surface area contributed by atoms with Crippen molar-refractivity contribution in [2.75, 3.05) is 0 Å². The van der Waals surface area contributed by atoms with Crippen molar-refractivity contribution in [2.45, 2.75) is 12.8 Å². The predicted octanol–water partition coefficient (Wildman–Crippen LogP) is 1.52.